The maximum absolute atomic E-state index is 14.1. The van der Waals surface area contributed by atoms with E-state index in [9.17, 15) is 9.18 Å². The number of carbonyl (C=O) groups excluding carboxylic acids is 1. The molecule has 1 atom stereocenters. The second-order valence-corrected chi connectivity index (χ2v) is 7.87. The number of carbonyl (C=O) groups is 1. The molecule has 6 heteroatoms. The Morgan fingerprint density at radius 2 is 2.21 bits per heavy atom. The van der Waals surface area contributed by atoms with Crippen molar-refractivity contribution in [1.29, 1.82) is 0 Å². The quantitative estimate of drug-likeness (QED) is 0.644. The first-order valence-electron chi connectivity index (χ1n) is 9.38. The van der Waals surface area contributed by atoms with E-state index in [1.165, 1.54) is 17.0 Å². The maximum atomic E-state index is 14.1. The van der Waals surface area contributed by atoms with E-state index in [1.54, 1.807) is 17.5 Å². The number of nitrogens with one attached hydrogen (secondary N) is 1. The number of rotatable bonds is 7. The van der Waals surface area contributed by atoms with Crippen LogP contribution >= 0.6 is 11.3 Å². The number of halogens is 1. The van der Waals surface area contributed by atoms with Gasteiger partial charge in [0.25, 0.3) is 0 Å². The Labute approximate surface area is 167 Å². The van der Waals surface area contributed by atoms with E-state index in [1.807, 2.05) is 29.6 Å². The predicted octanol–water partition coefficient (Wildman–Crippen LogP) is 4.39. The Kier molecular flexibility index (Phi) is 5.67. The molecule has 144 valence electrons. The van der Waals surface area contributed by atoms with E-state index in [0.717, 1.165) is 18.4 Å². The Bertz CT molecular complexity index is 945. The van der Waals surface area contributed by atoms with Gasteiger partial charge in [0, 0.05) is 35.0 Å². The van der Waals surface area contributed by atoms with Crippen LogP contribution in [0.4, 0.5) is 4.39 Å². The third-order valence-electron chi connectivity index (χ3n) is 4.74. The largest absolute Gasteiger partial charge is 0.487 e. The van der Waals surface area contributed by atoms with E-state index in [0.29, 0.717) is 36.4 Å². The van der Waals surface area contributed by atoms with Gasteiger partial charge in [0.1, 0.15) is 17.7 Å². The monoisotopic (exact) mass is 396 g/mol. The number of amides is 1. The van der Waals surface area contributed by atoms with Crippen LogP contribution in [0.15, 0.2) is 54.0 Å². The van der Waals surface area contributed by atoms with Crippen LogP contribution in [0, 0.1) is 5.82 Å². The molecule has 0 saturated heterocycles. The van der Waals surface area contributed by atoms with Gasteiger partial charge in [-0.2, -0.15) is 0 Å². The summed E-state index contributed by atoms with van der Waals surface area (Å²) in [6.07, 6.45) is 4.29. The van der Waals surface area contributed by atoms with Crippen molar-refractivity contribution in [3.63, 3.8) is 0 Å². The first-order chi connectivity index (χ1) is 13.7. The van der Waals surface area contributed by atoms with Gasteiger partial charge >= 0.3 is 0 Å². The van der Waals surface area contributed by atoms with Crippen LogP contribution in [0.25, 0.3) is 11.3 Å². The smallest absolute Gasteiger partial charge is 0.220 e. The fourth-order valence-electron chi connectivity index (χ4n) is 3.41. The highest BCUT2D eigenvalue weighted by atomic mass is 32.1. The molecule has 3 aromatic rings. The minimum absolute atomic E-state index is 0.0206. The number of ether oxygens (including phenoxy) is 1. The number of hydrogen-bond donors (Lipinski definition) is 1. The maximum Gasteiger partial charge on any atom is 0.220 e. The van der Waals surface area contributed by atoms with Gasteiger partial charge in [-0.1, -0.05) is 12.1 Å². The summed E-state index contributed by atoms with van der Waals surface area (Å²) in [5, 5.41) is 4.99. The highest BCUT2D eigenvalue weighted by Crippen LogP contribution is 2.38. The van der Waals surface area contributed by atoms with Crippen molar-refractivity contribution < 1.29 is 13.9 Å². The molecule has 4 rings (SSSR count). The SMILES string of the molecule is O=C(CCCc1cccs1)NC[C@H]1Cc2cc(F)cc(-c3ccccn3)c2O1. The van der Waals surface area contributed by atoms with Gasteiger partial charge in [0.15, 0.2) is 0 Å². The number of aryl methyl sites for hydroxylation is 1. The van der Waals surface area contributed by atoms with Gasteiger partial charge < -0.3 is 10.1 Å². The fraction of sp³-hybridized carbons (Fsp3) is 0.273. The Balaban J connectivity index is 1.33. The first-order valence-corrected chi connectivity index (χ1v) is 10.3. The zero-order valence-corrected chi connectivity index (χ0v) is 16.2. The number of benzene rings is 1. The van der Waals surface area contributed by atoms with Crippen LogP contribution in [0.1, 0.15) is 23.3 Å². The zero-order chi connectivity index (χ0) is 19.3. The summed E-state index contributed by atoms with van der Waals surface area (Å²) >= 11 is 1.71. The van der Waals surface area contributed by atoms with Crippen LogP contribution in [0.3, 0.4) is 0 Å². The Morgan fingerprint density at radius 3 is 3.00 bits per heavy atom. The lowest BCUT2D eigenvalue weighted by atomic mass is 10.0. The predicted molar refractivity (Wildman–Crippen MR) is 108 cm³/mol. The molecule has 1 amide bonds. The van der Waals surface area contributed by atoms with Crippen LogP contribution in [-0.4, -0.2) is 23.5 Å². The van der Waals surface area contributed by atoms with Crippen LogP contribution in [-0.2, 0) is 17.6 Å². The molecule has 1 aliphatic heterocycles. The Morgan fingerprint density at radius 1 is 1.29 bits per heavy atom. The second-order valence-electron chi connectivity index (χ2n) is 6.84. The van der Waals surface area contributed by atoms with Gasteiger partial charge in [-0.3, -0.25) is 9.78 Å². The third kappa shape index (κ3) is 4.39. The molecule has 1 aliphatic rings. The van der Waals surface area contributed by atoms with Crippen LogP contribution in [0.5, 0.6) is 5.75 Å². The molecule has 2 aromatic heterocycles. The Hall–Kier alpha value is -2.73. The number of fused-ring (bicyclic) bond motifs is 1. The van der Waals surface area contributed by atoms with Crippen LogP contribution in [0.2, 0.25) is 0 Å². The van der Waals surface area contributed by atoms with Gasteiger partial charge in [-0.05, 0) is 48.6 Å². The molecule has 1 N–H and O–H groups in total. The van der Waals surface area contributed by atoms with Crippen molar-refractivity contribution >= 4 is 17.2 Å². The van der Waals surface area contributed by atoms with Crippen LogP contribution < -0.4 is 10.1 Å². The lowest BCUT2D eigenvalue weighted by Crippen LogP contribution is -2.34. The van der Waals surface area contributed by atoms with Crippen molar-refractivity contribution in [1.82, 2.24) is 10.3 Å². The van der Waals surface area contributed by atoms with E-state index in [4.69, 9.17) is 4.74 Å². The van der Waals surface area contributed by atoms with Gasteiger partial charge in [-0.25, -0.2) is 4.39 Å². The molecule has 4 nitrogen and oxygen atoms in total. The zero-order valence-electron chi connectivity index (χ0n) is 15.4. The molecule has 0 fully saturated rings. The number of aromatic nitrogens is 1. The molecular weight excluding hydrogens is 375 g/mol. The van der Waals surface area contributed by atoms with Gasteiger partial charge in [0.05, 0.1) is 12.2 Å². The third-order valence-corrected chi connectivity index (χ3v) is 5.67. The minimum atomic E-state index is -0.304. The summed E-state index contributed by atoms with van der Waals surface area (Å²) in [4.78, 5) is 17.7. The van der Waals surface area contributed by atoms with E-state index >= 15 is 0 Å². The molecular formula is C22H21FN2O2S. The lowest BCUT2D eigenvalue weighted by Gasteiger charge is -2.13. The summed E-state index contributed by atoms with van der Waals surface area (Å²) in [5.74, 6) is 0.380. The van der Waals surface area contributed by atoms with Crippen molar-refractivity contribution in [2.75, 3.05) is 6.54 Å². The minimum Gasteiger partial charge on any atom is -0.487 e. The van der Waals surface area contributed by atoms with E-state index in [-0.39, 0.29) is 17.8 Å². The van der Waals surface area contributed by atoms with Gasteiger partial charge in [0.2, 0.25) is 5.91 Å². The fourth-order valence-corrected chi connectivity index (χ4v) is 4.17. The topological polar surface area (TPSA) is 51.2 Å². The van der Waals surface area contributed by atoms with Crippen molar-refractivity contribution in [3.05, 3.63) is 70.3 Å². The van der Waals surface area contributed by atoms with Crippen molar-refractivity contribution in [2.45, 2.75) is 31.8 Å². The molecule has 0 unspecified atom stereocenters. The highest BCUT2D eigenvalue weighted by Gasteiger charge is 2.27. The standard InChI is InChI=1S/C22H21FN2O2S/c23-16-11-15-12-17(14-25-21(26)8-3-5-18-6-4-10-28-18)27-22(15)19(13-16)20-7-1-2-9-24-20/h1-2,4,6-7,9-11,13,17H,3,5,8,12,14H2,(H,25,26)/t17-/m1/s1. The van der Waals surface area contributed by atoms with E-state index in [2.05, 4.69) is 16.4 Å². The summed E-state index contributed by atoms with van der Waals surface area (Å²) < 4.78 is 20.1. The number of nitrogens with zero attached hydrogens (tertiary/aromatic N) is 1. The molecule has 0 aliphatic carbocycles. The second kappa shape index (κ2) is 8.52. The highest BCUT2D eigenvalue weighted by molar-refractivity contribution is 7.09. The molecule has 3 heterocycles. The molecule has 0 radical (unpaired) electrons. The molecule has 0 spiro atoms. The number of hydrogen-bond acceptors (Lipinski definition) is 4. The average molecular weight is 396 g/mol. The summed E-state index contributed by atoms with van der Waals surface area (Å²) in [6.45, 7) is 0.412. The van der Waals surface area contributed by atoms with Crippen molar-refractivity contribution in [3.8, 4) is 17.0 Å². The lowest BCUT2D eigenvalue weighted by molar-refractivity contribution is -0.121. The van der Waals surface area contributed by atoms with E-state index < -0.39 is 0 Å². The summed E-state index contributed by atoms with van der Waals surface area (Å²) in [6, 6.07) is 12.6. The molecule has 0 saturated carbocycles. The number of thiophene rings is 1. The summed E-state index contributed by atoms with van der Waals surface area (Å²) in [7, 11) is 0. The molecule has 0 bridgehead atoms. The van der Waals surface area contributed by atoms with Crippen molar-refractivity contribution in [2.24, 2.45) is 0 Å². The molecule has 28 heavy (non-hydrogen) atoms. The average Bonchev–Trinajstić information content (AvgIpc) is 3.36. The summed E-state index contributed by atoms with van der Waals surface area (Å²) in [5.41, 5.74) is 2.15. The number of pyridine rings is 1. The normalized spacial score (nSPS) is 15.1. The first kappa shape index (κ1) is 18.6. The molecule has 1 aromatic carbocycles. The van der Waals surface area contributed by atoms with Gasteiger partial charge in [-0.15, -0.1) is 11.3 Å².